The fourth-order valence-electron chi connectivity index (χ4n) is 1.70. The molecule has 0 amide bonds. The van der Waals surface area contributed by atoms with Gasteiger partial charge in [0.25, 0.3) is 6.43 Å². The maximum atomic E-state index is 11.9. The van der Waals surface area contributed by atoms with E-state index in [1.54, 1.807) is 18.5 Å². The molecule has 1 heterocycles. The van der Waals surface area contributed by atoms with Gasteiger partial charge in [-0.25, -0.2) is 8.78 Å². The van der Waals surface area contributed by atoms with Gasteiger partial charge in [-0.15, -0.1) is 0 Å². The van der Waals surface area contributed by atoms with Crippen molar-refractivity contribution >= 4 is 5.69 Å². The summed E-state index contributed by atoms with van der Waals surface area (Å²) < 4.78 is 28.7. The lowest BCUT2D eigenvalue weighted by molar-refractivity contribution is 0.0144. The van der Waals surface area contributed by atoms with Crippen molar-refractivity contribution in [3.8, 4) is 0 Å². The highest BCUT2D eigenvalue weighted by Gasteiger charge is 2.13. The van der Waals surface area contributed by atoms with E-state index in [0.29, 0.717) is 12.1 Å². The first kappa shape index (κ1) is 14.8. The van der Waals surface area contributed by atoms with Crippen molar-refractivity contribution in [3.63, 3.8) is 0 Å². The third-order valence-corrected chi connectivity index (χ3v) is 2.51. The first-order valence-electron chi connectivity index (χ1n) is 5.93. The second-order valence-corrected chi connectivity index (χ2v) is 3.87. The lowest BCUT2D eigenvalue weighted by atomic mass is 10.0. The standard InChI is InChI=1S/C12H19F2N3O/c1-2-17-11(4-6-18-8-12(13)14)9-7-16-5-3-10(9)15/h3,5,7,11-12,17H,2,4,6,8H2,1H3,(H2,15,16). The van der Waals surface area contributed by atoms with Crippen LogP contribution in [-0.4, -0.2) is 31.2 Å². The van der Waals surface area contributed by atoms with E-state index >= 15 is 0 Å². The number of hydrogen-bond acceptors (Lipinski definition) is 4. The second kappa shape index (κ2) is 7.94. The Kier molecular flexibility index (Phi) is 6.53. The highest BCUT2D eigenvalue weighted by molar-refractivity contribution is 5.46. The van der Waals surface area contributed by atoms with Crippen molar-refractivity contribution in [2.24, 2.45) is 0 Å². The summed E-state index contributed by atoms with van der Waals surface area (Å²) in [7, 11) is 0. The normalized spacial score (nSPS) is 12.9. The Morgan fingerprint density at radius 2 is 2.28 bits per heavy atom. The maximum Gasteiger partial charge on any atom is 0.261 e. The van der Waals surface area contributed by atoms with Gasteiger partial charge in [-0.3, -0.25) is 4.98 Å². The minimum Gasteiger partial charge on any atom is -0.398 e. The minimum absolute atomic E-state index is 0.0265. The third-order valence-electron chi connectivity index (χ3n) is 2.51. The van der Waals surface area contributed by atoms with Gasteiger partial charge in [-0.1, -0.05) is 6.92 Å². The molecule has 6 heteroatoms. The molecule has 1 unspecified atom stereocenters. The molecule has 0 radical (unpaired) electrons. The van der Waals surface area contributed by atoms with Gasteiger partial charge in [0.15, 0.2) is 0 Å². The lowest BCUT2D eigenvalue weighted by Gasteiger charge is -2.19. The average Bonchev–Trinajstić information content (AvgIpc) is 2.34. The molecule has 0 aliphatic heterocycles. The van der Waals surface area contributed by atoms with E-state index in [1.807, 2.05) is 6.92 Å². The van der Waals surface area contributed by atoms with Crippen LogP contribution < -0.4 is 11.1 Å². The SMILES string of the molecule is CCNC(CCOCC(F)F)c1cnccc1N. The molecule has 1 rings (SSSR count). The van der Waals surface area contributed by atoms with Crippen LogP contribution in [0.4, 0.5) is 14.5 Å². The number of hydrogen-bond donors (Lipinski definition) is 2. The number of nitrogens with zero attached hydrogens (tertiary/aromatic N) is 1. The van der Waals surface area contributed by atoms with Crippen LogP contribution in [0, 0.1) is 0 Å². The monoisotopic (exact) mass is 259 g/mol. The summed E-state index contributed by atoms with van der Waals surface area (Å²) in [6.45, 7) is 2.46. The molecule has 3 N–H and O–H groups in total. The molecule has 102 valence electrons. The molecular formula is C12H19F2N3O. The number of anilines is 1. The minimum atomic E-state index is -2.42. The molecule has 0 fully saturated rings. The van der Waals surface area contributed by atoms with Crippen LogP contribution in [0.3, 0.4) is 0 Å². The molecule has 0 saturated heterocycles. The number of alkyl halides is 2. The molecule has 4 nitrogen and oxygen atoms in total. The molecule has 0 saturated carbocycles. The Labute approximate surface area is 106 Å². The number of nitrogens with one attached hydrogen (secondary N) is 1. The maximum absolute atomic E-state index is 11.9. The number of ether oxygens (including phenoxy) is 1. The van der Waals surface area contributed by atoms with Crippen molar-refractivity contribution < 1.29 is 13.5 Å². The zero-order valence-corrected chi connectivity index (χ0v) is 10.4. The fourth-order valence-corrected chi connectivity index (χ4v) is 1.70. The summed E-state index contributed by atoms with van der Waals surface area (Å²) in [6, 6.07) is 1.70. The van der Waals surface area contributed by atoms with Crippen molar-refractivity contribution in [2.75, 3.05) is 25.5 Å². The molecule has 0 spiro atoms. The smallest absolute Gasteiger partial charge is 0.261 e. The van der Waals surface area contributed by atoms with Crippen LogP contribution >= 0.6 is 0 Å². The Hall–Kier alpha value is -1.27. The predicted molar refractivity (Wildman–Crippen MR) is 66.5 cm³/mol. The number of pyridine rings is 1. The van der Waals surface area contributed by atoms with Crippen molar-refractivity contribution in [1.82, 2.24) is 10.3 Å². The van der Waals surface area contributed by atoms with Gasteiger partial charge in [0.1, 0.15) is 6.61 Å². The molecule has 0 aliphatic rings. The summed E-state index contributed by atoms with van der Waals surface area (Å²) in [5, 5.41) is 3.24. The summed E-state index contributed by atoms with van der Waals surface area (Å²) in [5.74, 6) is 0. The van der Waals surface area contributed by atoms with Crippen LogP contribution in [-0.2, 0) is 4.74 Å². The number of rotatable bonds is 8. The second-order valence-electron chi connectivity index (χ2n) is 3.87. The summed E-state index contributed by atoms with van der Waals surface area (Å²) in [6.07, 6.45) is 1.47. The Morgan fingerprint density at radius 1 is 1.50 bits per heavy atom. The molecule has 0 aromatic carbocycles. The molecule has 1 aromatic rings. The van der Waals surface area contributed by atoms with Crippen LogP contribution in [0.15, 0.2) is 18.5 Å². The van der Waals surface area contributed by atoms with Gasteiger partial charge in [-0.05, 0) is 19.0 Å². The predicted octanol–water partition coefficient (Wildman–Crippen LogP) is 1.99. The number of halogens is 2. The molecule has 1 aromatic heterocycles. The van der Waals surface area contributed by atoms with E-state index in [1.165, 1.54) is 0 Å². The van der Waals surface area contributed by atoms with E-state index in [4.69, 9.17) is 10.5 Å². The average molecular weight is 259 g/mol. The number of aromatic nitrogens is 1. The van der Waals surface area contributed by atoms with E-state index in [0.717, 1.165) is 12.1 Å². The van der Waals surface area contributed by atoms with Gasteiger partial charge >= 0.3 is 0 Å². The molecule has 0 bridgehead atoms. The van der Waals surface area contributed by atoms with Gasteiger partial charge in [0, 0.05) is 36.3 Å². The number of nitrogens with two attached hydrogens (primary N) is 1. The van der Waals surface area contributed by atoms with Gasteiger partial charge in [-0.2, -0.15) is 0 Å². The molecule has 0 aliphatic carbocycles. The van der Waals surface area contributed by atoms with Crippen LogP contribution in [0.25, 0.3) is 0 Å². The van der Waals surface area contributed by atoms with E-state index in [2.05, 4.69) is 10.3 Å². The summed E-state index contributed by atoms with van der Waals surface area (Å²) in [5.41, 5.74) is 7.38. The van der Waals surface area contributed by atoms with Crippen LogP contribution in [0.2, 0.25) is 0 Å². The van der Waals surface area contributed by atoms with Gasteiger partial charge in [0.05, 0.1) is 0 Å². The fraction of sp³-hybridized carbons (Fsp3) is 0.583. The summed E-state index contributed by atoms with van der Waals surface area (Å²) >= 11 is 0. The number of nitrogen functional groups attached to an aromatic ring is 1. The van der Waals surface area contributed by atoms with E-state index in [9.17, 15) is 8.78 Å². The molecule has 18 heavy (non-hydrogen) atoms. The molecule has 1 atom stereocenters. The lowest BCUT2D eigenvalue weighted by Crippen LogP contribution is -2.24. The van der Waals surface area contributed by atoms with E-state index < -0.39 is 13.0 Å². The van der Waals surface area contributed by atoms with Gasteiger partial charge in [0.2, 0.25) is 0 Å². The van der Waals surface area contributed by atoms with Crippen LogP contribution in [0.5, 0.6) is 0 Å². The van der Waals surface area contributed by atoms with Crippen molar-refractivity contribution in [1.29, 1.82) is 0 Å². The van der Waals surface area contributed by atoms with E-state index in [-0.39, 0.29) is 12.6 Å². The van der Waals surface area contributed by atoms with Crippen LogP contribution in [0.1, 0.15) is 24.9 Å². The van der Waals surface area contributed by atoms with Crippen molar-refractivity contribution in [3.05, 3.63) is 24.0 Å². The largest absolute Gasteiger partial charge is 0.398 e. The topological polar surface area (TPSA) is 60.2 Å². The first-order chi connectivity index (χ1) is 8.65. The zero-order chi connectivity index (χ0) is 13.4. The van der Waals surface area contributed by atoms with Crippen molar-refractivity contribution in [2.45, 2.75) is 25.8 Å². The van der Waals surface area contributed by atoms with Gasteiger partial charge < -0.3 is 15.8 Å². The third kappa shape index (κ3) is 4.93. The highest BCUT2D eigenvalue weighted by atomic mass is 19.3. The first-order valence-corrected chi connectivity index (χ1v) is 5.93. The zero-order valence-electron chi connectivity index (χ0n) is 10.4. The quantitative estimate of drug-likeness (QED) is 0.701. The Balaban J connectivity index is 2.52. The molecular weight excluding hydrogens is 240 g/mol. The highest BCUT2D eigenvalue weighted by Crippen LogP contribution is 2.21. The Bertz CT molecular complexity index is 350. The Morgan fingerprint density at radius 3 is 2.89 bits per heavy atom. The summed E-state index contributed by atoms with van der Waals surface area (Å²) in [4.78, 5) is 4.02.